The van der Waals surface area contributed by atoms with Crippen LogP contribution in [0.3, 0.4) is 0 Å². The normalized spacial score (nSPS) is 14.8. The second-order valence-corrected chi connectivity index (χ2v) is 7.76. The molecule has 0 bridgehead atoms. The molecule has 144 valence electrons. The Kier molecular flexibility index (Phi) is 5.29. The van der Waals surface area contributed by atoms with Crippen molar-refractivity contribution in [2.45, 2.75) is 46.0 Å². The molecule has 0 spiro atoms. The summed E-state index contributed by atoms with van der Waals surface area (Å²) in [5.41, 5.74) is 6.04. The van der Waals surface area contributed by atoms with Crippen molar-refractivity contribution in [1.82, 2.24) is 4.98 Å². The number of amides is 1. The van der Waals surface area contributed by atoms with Crippen molar-refractivity contribution in [2.24, 2.45) is 5.92 Å². The fourth-order valence-electron chi connectivity index (χ4n) is 3.94. The number of carbonyl (C=O) groups excluding carboxylic acids is 1. The minimum atomic E-state index is 0.140. The molecule has 0 unspecified atom stereocenters. The molecule has 0 aliphatic heterocycles. The van der Waals surface area contributed by atoms with Crippen molar-refractivity contribution in [3.63, 3.8) is 0 Å². The van der Waals surface area contributed by atoms with Gasteiger partial charge >= 0.3 is 0 Å². The number of anilines is 1. The summed E-state index contributed by atoms with van der Waals surface area (Å²) in [5, 5.41) is 3.04. The van der Waals surface area contributed by atoms with Crippen LogP contribution < -0.4 is 5.32 Å². The van der Waals surface area contributed by atoms with E-state index in [2.05, 4.69) is 42.3 Å². The maximum atomic E-state index is 12.4. The Labute approximate surface area is 166 Å². The lowest BCUT2D eigenvalue weighted by molar-refractivity contribution is -0.120. The second-order valence-electron chi connectivity index (χ2n) is 7.76. The first-order chi connectivity index (χ1) is 13.6. The number of benzene rings is 2. The van der Waals surface area contributed by atoms with E-state index in [1.54, 1.807) is 6.26 Å². The molecule has 0 saturated heterocycles. The van der Waals surface area contributed by atoms with Crippen LogP contribution in [0.25, 0.3) is 22.7 Å². The third kappa shape index (κ3) is 4.01. The van der Waals surface area contributed by atoms with E-state index >= 15 is 0 Å². The minimum absolute atomic E-state index is 0.140. The number of oxazole rings is 1. The molecule has 4 rings (SSSR count). The Morgan fingerprint density at radius 1 is 1.04 bits per heavy atom. The largest absolute Gasteiger partial charge is 0.444 e. The SMILES string of the molecule is Cc1ccc(-c2coc(-c3ccc(NC(=O)C4CCCCC4)cc3)n2)c(C)c1. The third-order valence-corrected chi connectivity index (χ3v) is 5.54. The van der Waals surface area contributed by atoms with Gasteiger partial charge in [-0.3, -0.25) is 4.79 Å². The number of rotatable bonds is 4. The third-order valence-electron chi connectivity index (χ3n) is 5.54. The maximum Gasteiger partial charge on any atom is 0.227 e. The van der Waals surface area contributed by atoms with Gasteiger partial charge in [0.2, 0.25) is 11.8 Å². The topological polar surface area (TPSA) is 55.1 Å². The summed E-state index contributed by atoms with van der Waals surface area (Å²) in [4.78, 5) is 17.0. The van der Waals surface area contributed by atoms with Gasteiger partial charge < -0.3 is 9.73 Å². The Morgan fingerprint density at radius 3 is 2.50 bits per heavy atom. The van der Waals surface area contributed by atoms with Crippen LogP contribution in [0.15, 0.2) is 53.1 Å². The molecule has 1 saturated carbocycles. The smallest absolute Gasteiger partial charge is 0.227 e. The van der Waals surface area contributed by atoms with Crippen LogP contribution in [-0.4, -0.2) is 10.9 Å². The molecule has 2 aromatic carbocycles. The average molecular weight is 374 g/mol. The lowest BCUT2D eigenvalue weighted by Gasteiger charge is -2.20. The van der Waals surface area contributed by atoms with E-state index in [0.29, 0.717) is 5.89 Å². The van der Waals surface area contributed by atoms with Crippen molar-refractivity contribution in [3.05, 3.63) is 59.9 Å². The molecule has 1 N–H and O–H groups in total. The monoisotopic (exact) mass is 374 g/mol. The minimum Gasteiger partial charge on any atom is -0.444 e. The van der Waals surface area contributed by atoms with Crippen molar-refractivity contribution in [2.75, 3.05) is 5.32 Å². The predicted octanol–water partition coefficient (Wildman–Crippen LogP) is 6.14. The Bertz CT molecular complexity index is 967. The summed E-state index contributed by atoms with van der Waals surface area (Å²) < 4.78 is 5.71. The number of carbonyl (C=O) groups is 1. The summed E-state index contributed by atoms with van der Waals surface area (Å²) in [7, 11) is 0. The van der Waals surface area contributed by atoms with Gasteiger partial charge in [0.1, 0.15) is 12.0 Å². The standard InChI is InChI=1S/C24H26N2O2/c1-16-8-13-21(17(2)14-16)22-15-28-24(26-22)19-9-11-20(12-10-19)25-23(27)18-6-4-3-5-7-18/h8-15,18H,3-7H2,1-2H3,(H,25,27). The summed E-state index contributed by atoms with van der Waals surface area (Å²) in [6.45, 7) is 4.17. The summed E-state index contributed by atoms with van der Waals surface area (Å²) in [6, 6.07) is 14.0. The molecular weight excluding hydrogens is 348 g/mol. The van der Waals surface area contributed by atoms with Gasteiger partial charge in [-0.15, -0.1) is 0 Å². The molecule has 28 heavy (non-hydrogen) atoms. The second kappa shape index (κ2) is 8.01. The van der Waals surface area contributed by atoms with Crippen molar-refractivity contribution >= 4 is 11.6 Å². The number of hydrogen-bond donors (Lipinski definition) is 1. The van der Waals surface area contributed by atoms with Gasteiger partial charge in [-0.05, 0) is 56.5 Å². The van der Waals surface area contributed by atoms with E-state index in [9.17, 15) is 4.79 Å². The highest BCUT2D eigenvalue weighted by atomic mass is 16.3. The Morgan fingerprint density at radius 2 is 1.79 bits per heavy atom. The van der Waals surface area contributed by atoms with E-state index in [0.717, 1.165) is 48.2 Å². The first-order valence-corrected chi connectivity index (χ1v) is 10.0. The van der Waals surface area contributed by atoms with Crippen LogP contribution in [0.2, 0.25) is 0 Å². The average Bonchev–Trinajstić information content (AvgIpc) is 3.19. The molecule has 3 aromatic rings. The lowest BCUT2D eigenvalue weighted by atomic mass is 9.88. The van der Waals surface area contributed by atoms with E-state index in [1.165, 1.54) is 17.5 Å². The van der Waals surface area contributed by atoms with Crippen LogP contribution in [0, 0.1) is 19.8 Å². The molecule has 1 amide bonds. The van der Waals surface area contributed by atoms with Crippen LogP contribution in [-0.2, 0) is 4.79 Å². The summed E-state index contributed by atoms with van der Waals surface area (Å²) >= 11 is 0. The van der Waals surface area contributed by atoms with Gasteiger partial charge in [-0.2, -0.15) is 0 Å². The summed E-state index contributed by atoms with van der Waals surface area (Å²) in [5.74, 6) is 0.876. The van der Waals surface area contributed by atoms with Crippen LogP contribution >= 0.6 is 0 Å². The zero-order valence-electron chi connectivity index (χ0n) is 16.5. The van der Waals surface area contributed by atoms with Crippen LogP contribution in [0.5, 0.6) is 0 Å². The van der Waals surface area contributed by atoms with Crippen molar-refractivity contribution < 1.29 is 9.21 Å². The highest BCUT2D eigenvalue weighted by Crippen LogP contribution is 2.29. The number of nitrogens with one attached hydrogen (secondary N) is 1. The number of aryl methyl sites for hydroxylation is 2. The van der Waals surface area contributed by atoms with Crippen LogP contribution in [0.1, 0.15) is 43.2 Å². The van der Waals surface area contributed by atoms with Gasteiger partial charge in [0.15, 0.2) is 0 Å². The predicted molar refractivity (Wildman–Crippen MR) is 112 cm³/mol. The molecule has 1 aliphatic carbocycles. The molecular formula is C24H26N2O2. The quantitative estimate of drug-likeness (QED) is 0.596. The number of hydrogen-bond acceptors (Lipinski definition) is 3. The lowest BCUT2D eigenvalue weighted by Crippen LogP contribution is -2.24. The van der Waals surface area contributed by atoms with Gasteiger partial charge in [0.05, 0.1) is 0 Å². The van der Waals surface area contributed by atoms with Crippen LogP contribution in [0.4, 0.5) is 5.69 Å². The first kappa shape index (κ1) is 18.5. The van der Waals surface area contributed by atoms with E-state index < -0.39 is 0 Å². The molecule has 0 atom stereocenters. The highest BCUT2D eigenvalue weighted by Gasteiger charge is 2.21. The fraction of sp³-hybridized carbons (Fsp3) is 0.333. The highest BCUT2D eigenvalue weighted by molar-refractivity contribution is 5.92. The Hall–Kier alpha value is -2.88. The maximum absolute atomic E-state index is 12.4. The van der Waals surface area contributed by atoms with Crippen molar-refractivity contribution in [1.29, 1.82) is 0 Å². The molecule has 1 aliphatic rings. The molecule has 1 aromatic heterocycles. The molecule has 1 fully saturated rings. The van der Waals surface area contributed by atoms with Gasteiger partial charge in [0, 0.05) is 22.7 Å². The molecule has 4 heteroatoms. The summed E-state index contributed by atoms with van der Waals surface area (Å²) in [6.07, 6.45) is 7.27. The Balaban J connectivity index is 1.47. The molecule has 0 radical (unpaired) electrons. The molecule has 1 heterocycles. The van der Waals surface area contributed by atoms with Crippen molar-refractivity contribution in [3.8, 4) is 22.7 Å². The number of nitrogens with zero attached hydrogens (tertiary/aromatic N) is 1. The van der Waals surface area contributed by atoms with E-state index in [1.807, 2.05) is 24.3 Å². The van der Waals surface area contributed by atoms with E-state index in [4.69, 9.17) is 4.42 Å². The molecule has 4 nitrogen and oxygen atoms in total. The van der Waals surface area contributed by atoms with Gasteiger partial charge in [0.25, 0.3) is 0 Å². The zero-order chi connectivity index (χ0) is 19.5. The zero-order valence-corrected chi connectivity index (χ0v) is 16.5. The fourth-order valence-corrected chi connectivity index (χ4v) is 3.94. The van der Waals surface area contributed by atoms with Gasteiger partial charge in [-0.1, -0.05) is 43.0 Å². The van der Waals surface area contributed by atoms with Gasteiger partial charge in [-0.25, -0.2) is 4.98 Å². The number of aromatic nitrogens is 1. The first-order valence-electron chi connectivity index (χ1n) is 10.0. The van der Waals surface area contributed by atoms with E-state index in [-0.39, 0.29) is 11.8 Å².